The largest absolute Gasteiger partial charge is 0.0991 e. The van der Waals surface area contributed by atoms with Gasteiger partial charge in [-0.2, -0.15) is 0 Å². The van der Waals surface area contributed by atoms with E-state index in [2.05, 4.69) is 69.5 Å². The first-order chi connectivity index (χ1) is 8.20. The molecule has 0 amide bonds. The van der Waals surface area contributed by atoms with Crippen molar-refractivity contribution < 1.29 is 0 Å². The highest BCUT2D eigenvalue weighted by Gasteiger charge is 2.13. The number of hydrogen-bond acceptors (Lipinski definition) is 0. The Morgan fingerprint density at radius 1 is 0.941 bits per heavy atom. The second kappa shape index (κ2) is 7.04. The van der Waals surface area contributed by atoms with E-state index in [-0.39, 0.29) is 0 Å². The third-order valence-corrected chi connectivity index (χ3v) is 4.96. The maximum absolute atomic E-state index is 3.78. The topological polar surface area (TPSA) is 0 Å². The predicted molar refractivity (Wildman–Crippen MR) is 80.9 cm³/mol. The number of rotatable bonds is 5. The zero-order valence-electron chi connectivity index (χ0n) is 10.6. The molecule has 0 atom stereocenters. The molecule has 1 aromatic carbocycles. The summed E-state index contributed by atoms with van der Waals surface area (Å²) < 4.78 is 0. The standard InChI is InChI=1S/C16H19P/c1-5-10-14(3)17(15(4)11-6-2)16-12-8-7-9-13-16/h5-13H,1-2H2,3-4H3/b14-10+,15-11+. The Hall–Kier alpha value is -1.39. The van der Waals surface area contributed by atoms with Crippen LogP contribution in [0.1, 0.15) is 13.8 Å². The highest BCUT2D eigenvalue weighted by atomic mass is 31.1. The highest BCUT2D eigenvalue weighted by Crippen LogP contribution is 2.50. The summed E-state index contributed by atoms with van der Waals surface area (Å²) in [5.74, 6) is 0. The van der Waals surface area contributed by atoms with Crippen molar-refractivity contribution in [2.24, 2.45) is 0 Å². The van der Waals surface area contributed by atoms with Crippen molar-refractivity contribution in [2.45, 2.75) is 13.8 Å². The summed E-state index contributed by atoms with van der Waals surface area (Å²) in [4.78, 5) is 0. The van der Waals surface area contributed by atoms with Gasteiger partial charge in [-0.15, -0.1) is 0 Å². The summed E-state index contributed by atoms with van der Waals surface area (Å²) in [5.41, 5.74) is 0. The summed E-state index contributed by atoms with van der Waals surface area (Å²) in [6, 6.07) is 10.6. The van der Waals surface area contributed by atoms with Crippen molar-refractivity contribution in [1.29, 1.82) is 0 Å². The van der Waals surface area contributed by atoms with E-state index in [4.69, 9.17) is 0 Å². The van der Waals surface area contributed by atoms with Gasteiger partial charge in [0.1, 0.15) is 0 Å². The fraction of sp³-hybridized carbons (Fsp3) is 0.125. The second-order valence-electron chi connectivity index (χ2n) is 3.76. The molecule has 1 aromatic rings. The molecular weight excluding hydrogens is 223 g/mol. The van der Waals surface area contributed by atoms with Gasteiger partial charge in [0.15, 0.2) is 0 Å². The maximum atomic E-state index is 3.78. The molecule has 0 heterocycles. The summed E-state index contributed by atoms with van der Waals surface area (Å²) in [5, 5.41) is 4.09. The van der Waals surface area contributed by atoms with E-state index >= 15 is 0 Å². The van der Waals surface area contributed by atoms with Crippen LogP contribution in [0.25, 0.3) is 0 Å². The van der Waals surface area contributed by atoms with E-state index in [1.165, 1.54) is 15.9 Å². The van der Waals surface area contributed by atoms with Crippen molar-refractivity contribution in [3.63, 3.8) is 0 Å². The fourth-order valence-corrected chi connectivity index (χ4v) is 4.10. The Bertz CT molecular complexity index is 414. The molecular formula is C16H19P. The van der Waals surface area contributed by atoms with Gasteiger partial charge in [-0.1, -0.05) is 67.8 Å². The summed E-state index contributed by atoms with van der Waals surface area (Å²) >= 11 is 0. The van der Waals surface area contributed by atoms with Gasteiger partial charge in [0, 0.05) is 0 Å². The molecule has 0 fully saturated rings. The fourth-order valence-electron chi connectivity index (χ4n) is 1.75. The first-order valence-corrected chi connectivity index (χ1v) is 6.98. The van der Waals surface area contributed by atoms with Crippen LogP contribution in [0.3, 0.4) is 0 Å². The van der Waals surface area contributed by atoms with Crippen LogP contribution in [0.5, 0.6) is 0 Å². The Balaban J connectivity index is 3.20. The van der Waals surface area contributed by atoms with Crippen LogP contribution in [0.15, 0.2) is 78.4 Å². The predicted octanol–water partition coefficient (Wildman–Crippen LogP) is 4.97. The van der Waals surface area contributed by atoms with Crippen LogP contribution in [-0.2, 0) is 0 Å². The lowest BCUT2D eigenvalue weighted by Gasteiger charge is -2.19. The molecule has 1 heteroatoms. The molecule has 0 saturated heterocycles. The number of benzene rings is 1. The minimum atomic E-state index is -0.410. The van der Waals surface area contributed by atoms with Gasteiger partial charge < -0.3 is 0 Å². The van der Waals surface area contributed by atoms with Crippen LogP contribution in [0, 0.1) is 0 Å². The van der Waals surface area contributed by atoms with Gasteiger partial charge in [-0.3, -0.25) is 0 Å². The molecule has 0 saturated carbocycles. The Morgan fingerprint density at radius 3 is 1.82 bits per heavy atom. The normalized spacial score (nSPS) is 14.2. The highest BCUT2D eigenvalue weighted by molar-refractivity contribution is 7.73. The van der Waals surface area contributed by atoms with E-state index in [0.29, 0.717) is 0 Å². The maximum Gasteiger partial charge on any atom is -0.0157 e. The van der Waals surface area contributed by atoms with E-state index in [9.17, 15) is 0 Å². The Kier molecular flexibility index (Phi) is 5.66. The van der Waals surface area contributed by atoms with Crippen molar-refractivity contribution in [2.75, 3.05) is 0 Å². The van der Waals surface area contributed by atoms with Crippen LogP contribution in [0.2, 0.25) is 0 Å². The minimum absolute atomic E-state index is 0.410. The third-order valence-electron chi connectivity index (χ3n) is 2.44. The third kappa shape index (κ3) is 3.84. The van der Waals surface area contributed by atoms with Crippen molar-refractivity contribution in [1.82, 2.24) is 0 Å². The molecule has 0 N–H and O–H groups in total. The molecule has 0 aliphatic carbocycles. The summed E-state index contributed by atoms with van der Waals surface area (Å²) in [6.07, 6.45) is 7.90. The van der Waals surface area contributed by atoms with E-state index in [1.54, 1.807) is 0 Å². The molecule has 0 unspecified atom stereocenters. The van der Waals surface area contributed by atoms with Gasteiger partial charge in [-0.05, 0) is 37.7 Å². The average molecular weight is 242 g/mol. The van der Waals surface area contributed by atoms with Gasteiger partial charge in [0.25, 0.3) is 0 Å². The molecule has 0 spiro atoms. The zero-order chi connectivity index (χ0) is 12.7. The van der Waals surface area contributed by atoms with Crippen LogP contribution in [-0.4, -0.2) is 0 Å². The van der Waals surface area contributed by atoms with Crippen molar-refractivity contribution in [3.05, 3.63) is 78.4 Å². The molecule has 1 rings (SSSR count). The first kappa shape index (κ1) is 13.7. The number of allylic oxidation sites excluding steroid dienone is 6. The molecule has 0 nitrogen and oxygen atoms in total. The van der Waals surface area contributed by atoms with Gasteiger partial charge in [0.2, 0.25) is 0 Å². The SMILES string of the molecule is C=C/C=C(\C)P(/C(C)=C/C=C)c1ccccc1. The lowest BCUT2D eigenvalue weighted by molar-refractivity contribution is 1.59. The second-order valence-corrected chi connectivity index (χ2v) is 6.36. The smallest absolute Gasteiger partial charge is 0.0157 e. The molecule has 88 valence electrons. The molecule has 0 aliphatic heterocycles. The summed E-state index contributed by atoms with van der Waals surface area (Å²) in [6.45, 7) is 11.9. The van der Waals surface area contributed by atoms with E-state index in [0.717, 1.165) is 0 Å². The minimum Gasteiger partial charge on any atom is -0.0991 e. The average Bonchev–Trinajstić information content (AvgIpc) is 2.31. The van der Waals surface area contributed by atoms with Gasteiger partial charge >= 0.3 is 0 Å². The quantitative estimate of drug-likeness (QED) is 0.505. The molecule has 0 radical (unpaired) electrons. The lowest BCUT2D eigenvalue weighted by atomic mass is 10.4. The van der Waals surface area contributed by atoms with Gasteiger partial charge in [0.05, 0.1) is 0 Å². The number of hydrogen-bond donors (Lipinski definition) is 0. The molecule has 0 aliphatic rings. The Labute approximate surface area is 106 Å². The first-order valence-electron chi connectivity index (χ1n) is 5.64. The molecule has 0 aromatic heterocycles. The van der Waals surface area contributed by atoms with E-state index in [1.807, 2.05) is 12.2 Å². The van der Waals surface area contributed by atoms with Crippen LogP contribution < -0.4 is 5.30 Å². The molecule has 0 bridgehead atoms. The summed E-state index contributed by atoms with van der Waals surface area (Å²) in [7, 11) is -0.410. The van der Waals surface area contributed by atoms with Crippen molar-refractivity contribution >= 4 is 13.2 Å². The lowest BCUT2D eigenvalue weighted by Crippen LogP contribution is -2.01. The van der Waals surface area contributed by atoms with Crippen molar-refractivity contribution in [3.8, 4) is 0 Å². The monoisotopic (exact) mass is 242 g/mol. The molecule has 17 heavy (non-hydrogen) atoms. The Morgan fingerprint density at radius 2 is 1.41 bits per heavy atom. The van der Waals surface area contributed by atoms with Gasteiger partial charge in [-0.25, -0.2) is 0 Å². The zero-order valence-corrected chi connectivity index (χ0v) is 11.5. The van der Waals surface area contributed by atoms with Crippen LogP contribution in [0.4, 0.5) is 0 Å². The van der Waals surface area contributed by atoms with E-state index < -0.39 is 7.92 Å². The van der Waals surface area contributed by atoms with Crippen LogP contribution >= 0.6 is 7.92 Å².